The monoisotopic (exact) mass is 226 g/mol. The van der Waals surface area contributed by atoms with Crippen molar-refractivity contribution >= 4 is 21.7 Å². The Morgan fingerprint density at radius 2 is 1.88 bits per heavy atom. The van der Waals surface area contributed by atoms with Gasteiger partial charge < -0.3 is 9.52 Å². The Bertz CT molecular complexity index is 784. The molecule has 0 spiro atoms. The summed E-state index contributed by atoms with van der Waals surface area (Å²) in [4.78, 5) is 11.5. The van der Waals surface area contributed by atoms with Gasteiger partial charge in [0.15, 0.2) is 0 Å². The van der Waals surface area contributed by atoms with E-state index < -0.39 is 5.63 Å². The molecule has 3 heteroatoms. The molecule has 2 aromatic carbocycles. The van der Waals surface area contributed by atoms with Crippen LogP contribution in [0.15, 0.2) is 45.6 Å². The largest absolute Gasteiger partial charge is 0.507 e. The predicted octanol–water partition coefficient (Wildman–Crippen LogP) is 2.96. The van der Waals surface area contributed by atoms with Gasteiger partial charge in [0, 0.05) is 0 Å². The van der Waals surface area contributed by atoms with E-state index in [0.717, 1.165) is 10.8 Å². The maximum absolute atomic E-state index is 11.5. The van der Waals surface area contributed by atoms with Crippen LogP contribution in [0, 0.1) is 6.92 Å². The Morgan fingerprint density at radius 1 is 1.12 bits per heavy atom. The fourth-order valence-electron chi connectivity index (χ4n) is 2.04. The highest BCUT2D eigenvalue weighted by Gasteiger charge is 2.12. The summed E-state index contributed by atoms with van der Waals surface area (Å²) in [5.41, 5.74) is 0.163. The van der Waals surface area contributed by atoms with Gasteiger partial charge in [-0.25, -0.2) is 4.79 Å². The molecule has 0 aliphatic carbocycles. The van der Waals surface area contributed by atoms with Gasteiger partial charge in [-0.1, -0.05) is 30.3 Å². The van der Waals surface area contributed by atoms with Crippen LogP contribution in [0.4, 0.5) is 0 Å². The van der Waals surface area contributed by atoms with Crippen LogP contribution in [0.2, 0.25) is 0 Å². The molecule has 1 aromatic heterocycles. The van der Waals surface area contributed by atoms with Crippen LogP contribution in [0.1, 0.15) is 5.56 Å². The third-order valence-corrected chi connectivity index (χ3v) is 2.99. The van der Waals surface area contributed by atoms with Crippen LogP contribution < -0.4 is 5.63 Å². The number of rotatable bonds is 0. The number of hydrogen-bond donors (Lipinski definition) is 1. The molecule has 0 saturated heterocycles. The summed E-state index contributed by atoms with van der Waals surface area (Å²) < 4.78 is 5.17. The van der Waals surface area contributed by atoms with Gasteiger partial charge in [-0.05, 0) is 23.8 Å². The zero-order chi connectivity index (χ0) is 12.0. The van der Waals surface area contributed by atoms with Crippen molar-refractivity contribution in [3.8, 4) is 5.75 Å². The van der Waals surface area contributed by atoms with Crippen LogP contribution in [0.25, 0.3) is 21.7 Å². The minimum absolute atomic E-state index is 0.00745. The normalized spacial score (nSPS) is 11.1. The molecule has 1 heterocycles. The van der Waals surface area contributed by atoms with Crippen molar-refractivity contribution in [2.75, 3.05) is 0 Å². The van der Waals surface area contributed by atoms with Crippen molar-refractivity contribution in [2.45, 2.75) is 6.92 Å². The highest BCUT2D eigenvalue weighted by atomic mass is 16.4. The zero-order valence-electron chi connectivity index (χ0n) is 9.23. The molecule has 1 N–H and O–H groups in total. The van der Waals surface area contributed by atoms with Gasteiger partial charge in [0.1, 0.15) is 11.3 Å². The molecule has 0 radical (unpaired) electrons. The molecule has 0 aliphatic heterocycles. The first kappa shape index (κ1) is 9.90. The van der Waals surface area contributed by atoms with E-state index in [2.05, 4.69) is 0 Å². The molecule has 0 atom stereocenters. The SMILES string of the molecule is Cc1c(O)c2c(ccc3ccccc32)oc1=O. The highest BCUT2D eigenvalue weighted by molar-refractivity contribution is 6.08. The average molecular weight is 226 g/mol. The maximum Gasteiger partial charge on any atom is 0.342 e. The van der Waals surface area contributed by atoms with Crippen molar-refractivity contribution in [1.82, 2.24) is 0 Å². The molecule has 0 bridgehead atoms. The van der Waals surface area contributed by atoms with Gasteiger partial charge in [0.2, 0.25) is 0 Å². The summed E-state index contributed by atoms with van der Waals surface area (Å²) in [6, 6.07) is 11.2. The van der Waals surface area contributed by atoms with Crippen molar-refractivity contribution in [1.29, 1.82) is 0 Å². The molecule has 0 fully saturated rings. The van der Waals surface area contributed by atoms with E-state index in [0.29, 0.717) is 11.0 Å². The van der Waals surface area contributed by atoms with Gasteiger partial charge >= 0.3 is 5.63 Å². The van der Waals surface area contributed by atoms with Gasteiger partial charge in [0.25, 0.3) is 0 Å². The van der Waals surface area contributed by atoms with Gasteiger partial charge in [0.05, 0.1) is 10.9 Å². The molecule has 0 saturated carbocycles. The van der Waals surface area contributed by atoms with Crippen LogP contribution in [-0.2, 0) is 0 Å². The lowest BCUT2D eigenvalue weighted by molar-refractivity contribution is 0.462. The summed E-state index contributed by atoms with van der Waals surface area (Å²) in [5, 5.41) is 12.6. The molecule has 0 amide bonds. The molecule has 0 aliphatic rings. The molecule has 3 nitrogen and oxygen atoms in total. The van der Waals surface area contributed by atoms with Crippen LogP contribution >= 0.6 is 0 Å². The van der Waals surface area contributed by atoms with E-state index in [4.69, 9.17) is 4.42 Å². The smallest absolute Gasteiger partial charge is 0.342 e. The minimum atomic E-state index is -0.495. The van der Waals surface area contributed by atoms with E-state index >= 15 is 0 Å². The predicted molar refractivity (Wildman–Crippen MR) is 66.4 cm³/mol. The van der Waals surface area contributed by atoms with Crippen molar-refractivity contribution in [2.24, 2.45) is 0 Å². The number of aromatic hydroxyl groups is 1. The Morgan fingerprint density at radius 3 is 2.71 bits per heavy atom. The van der Waals surface area contributed by atoms with E-state index in [1.165, 1.54) is 0 Å². The second-order valence-corrected chi connectivity index (χ2v) is 4.02. The molecule has 17 heavy (non-hydrogen) atoms. The number of benzene rings is 2. The standard InChI is InChI=1S/C14H10O3/c1-8-13(15)12-10-5-3-2-4-9(10)6-7-11(12)17-14(8)16/h2-7,15H,1H3. The topological polar surface area (TPSA) is 50.4 Å². The molecule has 3 rings (SSSR count). The maximum atomic E-state index is 11.5. The molecule has 3 aromatic rings. The van der Waals surface area contributed by atoms with E-state index in [9.17, 15) is 9.90 Å². The minimum Gasteiger partial charge on any atom is -0.507 e. The lowest BCUT2D eigenvalue weighted by atomic mass is 10.0. The second kappa shape index (κ2) is 3.35. The molecular formula is C14H10O3. The van der Waals surface area contributed by atoms with Crippen molar-refractivity contribution in [3.05, 3.63) is 52.4 Å². The van der Waals surface area contributed by atoms with Gasteiger partial charge in [-0.2, -0.15) is 0 Å². The van der Waals surface area contributed by atoms with E-state index in [-0.39, 0.29) is 11.3 Å². The average Bonchev–Trinajstić information content (AvgIpc) is 2.35. The molecule has 84 valence electrons. The Hall–Kier alpha value is -2.29. The van der Waals surface area contributed by atoms with Gasteiger partial charge in [-0.15, -0.1) is 0 Å². The second-order valence-electron chi connectivity index (χ2n) is 4.02. The Labute approximate surface area is 96.9 Å². The van der Waals surface area contributed by atoms with Crippen molar-refractivity contribution in [3.63, 3.8) is 0 Å². The highest BCUT2D eigenvalue weighted by Crippen LogP contribution is 2.32. The molecular weight excluding hydrogens is 216 g/mol. The van der Waals surface area contributed by atoms with Crippen LogP contribution in [0.5, 0.6) is 5.75 Å². The number of fused-ring (bicyclic) bond motifs is 3. The molecule has 0 unspecified atom stereocenters. The first-order valence-corrected chi connectivity index (χ1v) is 5.32. The van der Waals surface area contributed by atoms with Crippen molar-refractivity contribution < 1.29 is 9.52 Å². The Kier molecular flexibility index (Phi) is 1.95. The fraction of sp³-hybridized carbons (Fsp3) is 0.0714. The first-order chi connectivity index (χ1) is 8.18. The van der Waals surface area contributed by atoms with Gasteiger partial charge in [-0.3, -0.25) is 0 Å². The third kappa shape index (κ3) is 1.32. The quantitative estimate of drug-likeness (QED) is 0.473. The van der Waals surface area contributed by atoms with Crippen LogP contribution in [0.3, 0.4) is 0 Å². The van der Waals surface area contributed by atoms with E-state index in [1.807, 2.05) is 30.3 Å². The summed E-state index contributed by atoms with van der Waals surface area (Å²) >= 11 is 0. The first-order valence-electron chi connectivity index (χ1n) is 5.32. The summed E-state index contributed by atoms with van der Waals surface area (Å²) in [7, 11) is 0. The zero-order valence-corrected chi connectivity index (χ0v) is 9.23. The summed E-state index contributed by atoms with van der Waals surface area (Å²) in [5.74, 6) is 0.00745. The lowest BCUT2D eigenvalue weighted by Gasteiger charge is -2.06. The fourth-order valence-corrected chi connectivity index (χ4v) is 2.04. The number of hydrogen-bond acceptors (Lipinski definition) is 3. The van der Waals surface area contributed by atoms with Crippen LogP contribution in [-0.4, -0.2) is 5.11 Å². The van der Waals surface area contributed by atoms with E-state index in [1.54, 1.807) is 13.0 Å². The summed E-state index contributed by atoms with van der Waals surface area (Å²) in [6.07, 6.45) is 0. The summed E-state index contributed by atoms with van der Waals surface area (Å²) in [6.45, 7) is 1.56. The third-order valence-electron chi connectivity index (χ3n) is 2.99. The lowest BCUT2D eigenvalue weighted by Crippen LogP contribution is -2.03. The Balaban J connectivity index is 2.67.